The summed E-state index contributed by atoms with van der Waals surface area (Å²) in [5, 5.41) is 6.59. The largest absolute Gasteiger partial charge is 0.378 e. The minimum absolute atomic E-state index is 0.536. The lowest BCUT2D eigenvalue weighted by atomic mass is 10.1. The molecule has 1 aromatic heterocycles. The smallest absolute Gasteiger partial charge is 0.231 e. The molecule has 0 aromatic carbocycles. The van der Waals surface area contributed by atoms with Crippen molar-refractivity contribution < 1.29 is 9.47 Å². The fraction of sp³-hybridized carbons (Fsp3) is 0.842. The summed E-state index contributed by atoms with van der Waals surface area (Å²) in [5.41, 5.74) is 5.38. The summed E-state index contributed by atoms with van der Waals surface area (Å²) in [4.78, 5) is 16.0. The van der Waals surface area contributed by atoms with Crippen LogP contribution in [-0.2, 0) is 9.47 Å². The monoisotopic (exact) mass is 395 g/mol. The topological polar surface area (TPSA) is 110 Å². The first-order chi connectivity index (χ1) is 13.7. The molecular formula is C19H37N7O2. The molecule has 0 atom stereocenters. The number of hydrogen-bond donors (Lipinski definition) is 3. The molecule has 1 fully saturated rings. The summed E-state index contributed by atoms with van der Waals surface area (Å²) in [6.07, 6.45) is 4.72. The van der Waals surface area contributed by atoms with E-state index in [4.69, 9.17) is 15.2 Å². The standard InChI is InChI=1S/C19H37N7O2/c1-16(2)6-8-21-17-23-18(22-9-13-28-15-14-27-12-7-20)25-19(24-17)26-10-4-3-5-11-26/h16H,3-15,20H2,1-2H3,(H2,21,22,23,24,25). The highest BCUT2D eigenvalue weighted by molar-refractivity contribution is 5.44. The highest BCUT2D eigenvalue weighted by Crippen LogP contribution is 2.18. The number of nitrogens with zero attached hydrogens (tertiary/aromatic N) is 4. The summed E-state index contributed by atoms with van der Waals surface area (Å²) in [6, 6.07) is 0. The van der Waals surface area contributed by atoms with E-state index in [2.05, 4.69) is 44.3 Å². The zero-order valence-electron chi connectivity index (χ0n) is 17.5. The maximum atomic E-state index is 5.54. The van der Waals surface area contributed by atoms with E-state index < -0.39 is 0 Å². The van der Waals surface area contributed by atoms with Gasteiger partial charge in [-0.2, -0.15) is 15.0 Å². The highest BCUT2D eigenvalue weighted by atomic mass is 16.5. The summed E-state index contributed by atoms with van der Waals surface area (Å²) >= 11 is 0. The predicted molar refractivity (Wildman–Crippen MR) is 113 cm³/mol. The van der Waals surface area contributed by atoms with Crippen molar-refractivity contribution in [1.29, 1.82) is 0 Å². The van der Waals surface area contributed by atoms with Crippen molar-refractivity contribution in [2.24, 2.45) is 11.7 Å². The Balaban J connectivity index is 1.85. The average molecular weight is 396 g/mol. The zero-order valence-corrected chi connectivity index (χ0v) is 17.5. The molecule has 2 heterocycles. The number of anilines is 3. The third-order valence-electron chi connectivity index (χ3n) is 4.43. The molecule has 160 valence electrons. The van der Waals surface area contributed by atoms with Gasteiger partial charge in [-0.3, -0.25) is 0 Å². The fourth-order valence-electron chi connectivity index (χ4n) is 2.87. The van der Waals surface area contributed by atoms with Crippen LogP contribution in [0.15, 0.2) is 0 Å². The molecular weight excluding hydrogens is 358 g/mol. The molecule has 0 unspecified atom stereocenters. The number of ether oxygens (including phenoxy) is 2. The molecule has 0 saturated carbocycles. The summed E-state index contributed by atoms with van der Waals surface area (Å²) in [7, 11) is 0. The molecule has 0 spiro atoms. The van der Waals surface area contributed by atoms with Crippen LogP contribution in [0.25, 0.3) is 0 Å². The van der Waals surface area contributed by atoms with Gasteiger partial charge in [0.15, 0.2) is 0 Å². The summed E-state index contributed by atoms with van der Waals surface area (Å²) in [6.45, 7) is 10.7. The lowest BCUT2D eigenvalue weighted by molar-refractivity contribution is 0.0547. The van der Waals surface area contributed by atoms with Gasteiger partial charge in [0.2, 0.25) is 17.8 Å². The van der Waals surface area contributed by atoms with E-state index in [1.165, 1.54) is 19.3 Å². The number of piperidine rings is 1. The Bertz CT molecular complexity index is 539. The van der Waals surface area contributed by atoms with Crippen LogP contribution in [0.4, 0.5) is 17.8 Å². The van der Waals surface area contributed by atoms with E-state index in [0.29, 0.717) is 57.3 Å². The fourth-order valence-corrected chi connectivity index (χ4v) is 2.87. The van der Waals surface area contributed by atoms with Crippen LogP contribution in [0.3, 0.4) is 0 Å². The molecule has 28 heavy (non-hydrogen) atoms. The van der Waals surface area contributed by atoms with Gasteiger partial charge in [-0.1, -0.05) is 13.8 Å². The lowest BCUT2D eigenvalue weighted by Crippen LogP contribution is -2.31. The lowest BCUT2D eigenvalue weighted by Gasteiger charge is -2.27. The van der Waals surface area contributed by atoms with E-state index in [1.54, 1.807) is 0 Å². The third kappa shape index (κ3) is 8.99. The van der Waals surface area contributed by atoms with Crippen molar-refractivity contribution in [2.75, 3.05) is 74.7 Å². The van der Waals surface area contributed by atoms with Gasteiger partial charge in [0.05, 0.1) is 26.4 Å². The second kappa shape index (κ2) is 13.5. The molecule has 1 aromatic rings. The number of nitrogens with two attached hydrogens (primary N) is 1. The number of rotatable bonds is 14. The van der Waals surface area contributed by atoms with Crippen LogP contribution in [-0.4, -0.2) is 74.1 Å². The Morgan fingerprint density at radius 1 is 0.893 bits per heavy atom. The minimum atomic E-state index is 0.536. The van der Waals surface area contributed by atoms with Crippen LogP contribution in [0, 0.1) is 5.92 Å². The van der Waals surface area contributed by atoms with Gasteiger partial charge < -0.3 is 30.7 Å². The first-order valence-electron chi connectivity index (χ1n) is 10.5. The number of nitrogens with one attached hydrogen (secondary N) is 2. The van der Waals surface area contributed by atoms with E-state index in [1.807, 2.05) is 0 Å². The molecule has 0 radical (unpaired) electrons. The van der Waals surface area contributed by atoms with Gasteiger partial charge >= 0.3 is 0 Å². The Hall–Kier alpha value is -1.71. The summed E-state index contributed by atoms with van der Waals surface area (Å²) < 4.78 is 10.8. The van der Waals surface area contributed by atoms with Crippen molar-refractivity contribution in [3.8, 4) is 0 Å². The summed E-state index contributed by atoms with van der Waals surface area (Å²) in [5.74, 6) is 2.61. The first kappa shape index (κ1) is 22.6. The van der Waals surface area contributed by atoms with Crippen LogP contribution in [0.5, 0.6) is 0 Å². The van der Waals surface area contributed by atoms with Crippen molar-refractivity contribution in [3.05, 3.63) is 0 Å². The van der Waals surface area contributed by atoms with E-state index in [-0.39, 0.29) is 0 Å². The second-order valence-corrected chi connectivity index (χ2v) is 7.38. The average Bonchev–Trinajstić information content (AvgIpc) is 2.70. The minimum Gasteiger partial charge on any atom is -0.378 e. The van der Waals surface area contributed by atoms with E-state index in [9.17, 15) is 0 Å². The first-order valence-corrected chi connectivity index (χ1v) is 10.5. The molecule has 0 amide bonds. The van der Waals surface area contributed by atoms with Gasteiger partial charge in [0.1, 0.15) is 0 Å². The Labute approximate surface area is 168 Å². The molecule has 1 aliphatic heterocycles. The SMILES string of the molecule is CC(C)CCNc1nc(NCCOCCOCCN)nc(N2CCCCC2)n1. The molecule has 1 saturated heterocycles. The molecule has 1 aliphatic rings. The Morgan fingerprint density at radius 2 is 1.54 bits per heavy atom. The van der Waals surface area contributed by atoms with Crippen molar-refractivity contribution >= 4 is 17.8 Å². The molecule has 4 N–H and O–H groups in total. The molecule has 0 aliphatic carbocycles. The Morgan fingerprint density at radius 3 is 2.18 bits per heavy atom. The molecule has 9 heteroatoms. The second-order valence-electron chi connectivity index (χ2n) is 7.38. The zero-order chi connectivity index (χ0) is 20.0. The molecule has 9 nitrogen and oxygen atoms in total. The maximum absolute atomic E-state index is 5.54. The van der Waals surface area contributed by atoms with Gasteiger partial charge in [0, 0.05) is 32.7 Å². The van der Waals surface area contributed by atoms with Gasteiger partial charge in [-0.05, 0) is 31.6 Å². The van der Waals surface area contributed by atoms with Gasteiger partial charge in [-0.15, -0.1) is 0 Å². The molecule has 0 bridgehead atoms. The van der Waals surface area contributed by atoms with Crippen LogP contribution >= 0.6 is 0 Å². The van der Waals surface area contributed by atoms with E-state index >= 15 is 0 Å². The highest BCUT2D eigenvalue weighted by Gasteiger charge is 2.16. The number of hydrogen-bond acceptors (Lipinski definition) is 9. The van der Waals surface area contributed by atoms with Crippen LogP contribution in [0.1, 0.15) is 39.5 Å². The maximum Gasteiger partial charge on any atom is 0.231 e. The predicted octanol–water partition coefficient (Wildman–Crippen LogP) is 1.72. The van der Waals surface area contributed by atoms with Crippen molar-refractivity contribution in [2.45, 2.75) is 39.5 Å². The molecule has 2 rings (SSSR count). The van der Waals surface area contributed by atoms with Crippen molar-refractivity contribution in [3.63, 3.8) is 0 Å². The van der Waals surface area contributed by atoms with Crippen LogP contribution < -0.4 is 21.3 Å². The van der Waals surface area contributed by atoms with Gasteiger partial charge in [-0.25, -0.2) is 0 Å². The third-order valence-corrected chi connectivity index (χ3v) is 4.43. The van der Waals surface area contributed by atoms with Crippen molar-refractivity contribution in [1.82, 2.24) is 15.0 Å². The number of aromatic nitrogens is 3. The normalized spacial score (nSPS) is 14.5. The Kier molecular flexibility index (Phi) is 10.9. The quantitative estimate of drug-likeness (QED) is 0.405. The van der Waals surface area contributed by atoms with E-state index in [0.717, 1.165) is 32.0 Å². The van der Waals surface area contributed by atoms with Crippen LogP contribution in [0.2, 0.25) is 0 Å². The van der Waals surface area contributed by atoms with Gasteiger partial charge in [0.25, 0.3) is 0 Å².